The Kier molecular flexibility index (Phi) is 12.0. The van der Waals surface area contributed by atoms with E-state index in [9.17, 15) is 71.5 Å². The molecule has 14 N–H and O–H groups in total. The summed E-state index contributed by atoms with van der Waals surface area (Å²) in [5.41, 5.74) is -0.0352. The van der Waals surface area contributed by atoms with Crippen LogP contribution >= 0.6 is 0 Å². The van der Waals surface area contributed by atoms with E-state index >= 15 is 0 Å². The summed E-state index contributed by atoms with van der Waals surface area (Å²) >= 11 is 0. The molecule has 20 heteroatoms. The Labute approximate surface area is 305 Å². The Balaban J connectivity index is 1.44. The van der Waals surface area contributed by atoms with Gasteiger partial charge in [0.05, 0.1) is 30.9 Å². The Morgan fingerprint density at radius 3 is 1.91 bits per heavy atom. The number of phenolic OH excluding ortho intramolecular Hbond substituents is 3. The van der Waals surface area contributed by atoms with Crippen LogP contribution in [0.25, 0.3) is 22.3 Å². The molecule has 3 aromatic rings. The van der Waals surface area contributed by atoms with Crippen molar-refractivity contribution in [2.24, 2.45) is 5.92 Å². The first-order valence-corrected chi connectivity index (χ1v) is 16.9. The van der Waals surface area contributed by atoms with Gasteiger partial charge >= 0.3 is 11.3 Å². The number of benzene rings is 2. The summed E-state index contributed by atoms with van der Waals surface area (Å²) in [6, 6.07) is 7.10. The predicted molar refractivity (Wildman–Crippen MR) is 176 cm³/mol. The molecule has 0 amide bonds. The Bertz CT molecular complexity index is 1760. The molecule has 1 aromatic heterocycles. The predicted octanol–water partition coefficient (Wildman–Crippen LogP) is -3.66. The normalized spacial score (nSPS) is 37.3. The van der Waals surface area contributed by atoms with Crippen molar-refractivity contribution in [3.8, 4) is 40.1 Å². The summed E-state index contributed by atoms with van der Waals surface area (Å²) in [5.74, 6) is -3.06. The molecule has 0 spiro atoms. The second kappa shape index (κ2) is 16.2. The van der Waals surface area contributed by atoms with Crippen molar-refractivity contribution in [1.82, 2.24) is 0 Å². The number of hydrogen-bond acceptors (Lipinski definition) is 19. The Morgan fingerprint density at radius 2 is 1.26 bits per heavy atom. The zero-order valence-corrected chi connectivity index (χ0v) is 28.2. The van der Waals surface area contributed by atoms with Crippen LogP contribution in [0.3, 0.4) is 0 Å². The Morgan fingerprint density at radius 1 is 0.611 bits per heavy atom. The van der Waals surface area contributed by atoms with E-state index in [4.69, 9.17) is 28.1 Å². The van der Waals surface area contributed by atoms with Gasteiger partial charge < -0.3 is 95.2 Å². The molecule has 2 aliphatic heterocycles. The lowest BCUT2D eigenvalue weighted by molar-refractivity contribution is -0.357. The number of fused-ring (bicyclic) bond motifs is 1. The first-order chi connectivity index (χ1) is 25.7. The third kappa shape index (κ3) is 7.59. The maximum atomic E-state index is 11.2. The van der Waals surface area contributed by atoms with Crippen LogP contribution in [-0.4, -0.2) is 177 Å². The lowest BCUT2D eigenvalue weighted by Gasteiger charge is -2.45. The van der Waals surface area contributed by atoms with Crippen molar-refractivity contribution >= 4 is 11.0 Å². The van der Waals surface area contributed by atoms with Gasteiger partial charge in [-0.15, -0.1) is 0 Å². The smallest absolute Gasteiger partial charge is 0.402 e. The molecule has 0 radical (unpaired) electrons. The minimum absolute atomic E-state index is 0.0319. The quantitative estimate of drug-likeness (QED) is 0.0698. The van der Waals surface area contributed by atoms with E-state index in [0.29, 0.717) is 0 Å². The molecule has 298 valence electrons. The van der Waals surface area contributed by atoms with Crippen molar-refractivity contribution in [2.45, 2.75) is 92.2 Å². The third-order valence-electron chi connectivity index (χ3n) is 9.86. The van der Waals surface area contributed by atoms with Crippen LogP contribution in [-0.2, 0) is 14.2 Å². The highest BCUT2D eigenvalue weighted by Crippen LogP contribution is 2.44. The van der Waals surface area contributed by atoms with E-state index in [1.54, 1.807) is 0 Å². The number of phenols is 3. The highest BCUT2D eigenvalue weighted by Gasteiger charge is 2.52. The van der Waals surface area contributed by atoms with Crippen molar-refractivity contribution in [2.75, 3.05) is 19.8 Å². The molecule has 3 heterocycles. The van der Waals surface area contributed by atoms with Gasteiger partial charge in [0.2, 0.25) is 12.0 Å². The second-order valence-electron chi connectivity index (χ2n) is 13.4. The molecule has 1 aliphatic carbocycles. The van der Waals surface area contributed by atoms with Gasteiger partial charge in [-0.1, -0.05) is 0 Å². The van der Waals surface area contributed by atoms with Gasteiger partial charge in [-0.05, 0) is 18.6 Å². The van der Waals surface area contributed by atoms with Gasteiger partial charge in [-0.2, -0.15) is 0 Å². The van der Waals surface area contributed by atoms with E-state index in [-0.39, 0.29) is 40.2 Å². The molecular weight excluding hydrogens is 728 g/mol. The molecule has 2 saturated heterocycles. The summed E-state index contributed by atoms with van der Waals surface area (Å²) in [6.07, 6.45) is -24.0. The number of hydrogen-bond donors (Lipinski definition) is 14. The molecule has 0 unspecified atom stereocenters. The fraction of sp³-hybridized carbons (Fsp3) is 0.559. The summed E-state index contributed by atoms with van der Waals surface area (Å²) in [6.45, 7) is -2.21. The molecular formula is C34H43O20+. The Hall–Kier alpha value is -3.71. The lowest BCUT2D eigenvalue weighted by atomic mass is 9.81. The van der Waals surface area contributed by atoms with E-state index in [2.05, 4.69) is 0 Å². The molecule has 3 aliphatic rings. The minimum atomic E-state index is -1.96. The lowest BCUT2D eigenvalue weighted by Crippen LogP contribution is -2.65. The van der Waals surface area contributed by atoms with Gasteiger partial charge in [-0.25, -0.2) is 4.42 Å². The largest absolute Gasteiger partial charge is 0.507 e. The molecule has 20 nitrogen and oxygen atoms in total. The van der Waals surface area contributed by atoms with E-state index < -0.39 is 129 Å². The van der Waals surface area contributed by atoms with Crippen molar-refractivity contribution in [1.29, 1.82) is 0 Å². The number of aromatic hydroxyl groups is 3. The van der Waals surface area contributed by atoms with Gasteiger partial charge in [0, 0.05) is 30.7 Å². The van der Waals surface area contributed by atoms with Gasteiger partial charge in [0.15, 0.2) is 23.9 Å². The van der Waals surface area contributed by atoms with Crippen LogP contribution in [0.15, 0.2) is 40.8 Å². The van der Waals surface area contributed by atoms with Gasteiger partial charge in [-0.3, -0.25) is 0 Å². The van der Waals surface area contributed by atoms with Crippen molar-refractivity contribution < 1.29 is 99.6 Å². The standard InChI is InChI=1S/C34H42O20/c35-8-12-4-19(24(42)27(45)23(12)41)49-17-5-13(38)6-18-14(17)7-20(31(50-18)11-1-2-15(39)16(40)3-11)51-34-32(29(47)26(44)22(10-37)53-34)54-33-30(48)28(46)25(43)21(9-36)52-33/h1-3,5-7,12,19,21-30,32-37,41-48H,4,8-10H2,(H2-,38,39,40)/p+1/t12-,19-,21+,22+,23-,24+,25+,26+,27-,28+,29+,30+,32+,33-,34-/m1/s1. The van der Waals surface area contributed by atoms with E-state index in [0.717, 1.165) is 18.2 Å². The molecule has 6 rings (SSSR count). The van der Waals surface area contributed by atoms with Crippen molar-refractivity contribution in [3.63, 3.8) is 0 Å². The summed E-state index contributed by atoms with van der Waals surface area (Å²) in [7, 11) is 0. The highest BCUT2D eigenvalue weighted by molar-refractivity contribution is 5.89. The zero-order chi connectivity index (χ0) is 39.2. The first-order valence-electron chi connectivity index (χ1n) is 16.9. The average molecular weight is 772 g/mol. The van der Waals surface area contributed by atoms with E-state index in [1.165, 1.54) is 18.2 Å². The number of rotatable bonds is 10. The molecule has 54 heavy (non-hydrogen) atoms. The van der Waals surface area contributed by atoms with Crippen LogP contribution in [0.2, 0.25) is 0 Å². The number of ether oxygens (including phenoxy) is 5. The van der Waals surface area contributed by atoms with Crippen LogP contribution in [0.5, 0.6) is 28.7 Å². The maximum absolute atomic E-state index is 11.2. The highest BCUT2D eigenvalue weighted by atomic mass is 16.8. The fourth-order valence-corrected chi connectivity index (χ4v) is 6.72. The van der Waals surface area contributed by atoms with Gasteiger partial charge in [0.25, 0.3) is 0 Å². The van der Waals surface area contributed by atoms with Crippen LogP contribution in [0.4, 0.5) is 0 Å². The van der Waals surface area contributed by atoms with Crippen LogP contribution in [0.1, 0.15) is 6.42 Å². The maximum Gasteiger partial charge on any atom is 0.402 e. The van der Waals surface area contributed by atoms with E-state index in [1.807, 2.05) is 0 Å². The molecule has 15 atom stereocenters. The summed E-state index contributed by atoms with van der Waals surface area (Å²) < 4.78 is 35.3. The topological polar surface area (TPSA) is 341 Å². The second-order valence-corrected chi connectivity index (χ2v) is 13.4. The first kappa shape index (κ1) is 40.0. The fourth-order valence-electron chi connectivity index (χ4n) is 6.72. The molecule has 3 fully saturated rings. The SMILES string of the molecule is OC[C@H]1C[C@@H](Oc2cc(O)cc3[o+]c(-c4ccc(O)c(O)c4)c(O[C@@H]4O[C@@H](CO)[C@H](O)[C@H](O)[C@@H]4O[C@H]4O[C@@H](CO)[C@H](O)[C@H](O)[C@@H]4O)cc23)[C@H](O)[C@H](O)[C@@H]1O. The molecule has 1 saturated carbocycles. The summed E-state index contributed by atoms with van der Waals surface area (Å²) in [4.78, 5) is 0. The molecule has 2 aromatic carbocycles. The summed E-state index contributed by atoms with van der Waals surface area (Å²) in [5, 5.41) is 145. The number of aliphatic hydroxyl groups excluding tert-OH is 11. The van der Waals surface area contributed by atoms with Crippen LogP contribution in [0, 0.1) is 5.92 Å². The van der Waals surface area contributed by atoms with Crippen molar-refractivity contribution in [3.05, 3.63) is 36.4 Å². The monoisotopic (exact) mass is 771 g/mol. The average Bonchev–Trinajstić information content (AvgIpc) is 3.15. The molecule has 0 bridgehead atoms. The minimum Gasteiger partial charge on any atom is -0.507 e. The third-order valence-corrected chi connectivity index (χ3v) is 9.86. The van der Waals surface area contributed by atoms with Crippen LogP contribution < -0.4 is 9.47 Å². The van der Waals surface area contributed by atoms with Gasteiger partial charge in [0.1, 0.15) is 77.9 Å². The number of aliphatic hydroxyl groups is 11. The zero-order valence-electron chi connectivity index (χ0n) is 28.2.